The lowest BCUT2D eigenvalue weighted by atomic mass is 10.0. The smallest absolute Gasteiger partial charge is 0.289 e. The maximum Gasteiger partial charge on any atom is 0.289 e. The van der Waals surface area contributed by atoms with Crippen LogP contribution in [0.15, 0.2) is 28.3 Å². The highest BCUT2D eigenvalue weighted by atomic mass is 19.1. The third-order valence-electron chi connectivity index (χ3n) is 5.32. The average molecular weight is 373 g/mol. The summed E-state index contributed by atoms with van der Waals surface area (Å²) in [4.78, 5) is 40.2. The summed E-state index contributed by atoms with van der Waals surface area (Å²) in [5.41, 5.74) is 0.593. The Bertz CT molecular complexity index is 841. The van der Waals surface area contributed by atoms with Crippen LogP contribution in [0.5, 0.6) is 5.88 Å². The van der Waals surface area contributed by atoms with Crippen LogP contribution in [0.1, 0.15) is 17.3 Å². The number of hydrogen-bond acceptors (Lipinski definition) is 6. The van der Waals surface area contributed by atoms with E-state index in [-0.39, 0.29) is 29.4 Å². The third kappa shape index (κ3) is 3.07. The Balaban J connectivity index is 1.44. The van der Waals surface area contributed by atoms with E-state index in [9.17, 15) is 14.0 Å². The van der Waals surface area contributed by atoms with Crippen molar-refractivity contribution in [3.63, 3.8) is 0 Å². The number of hydrogen-bond donors (Lipinski definition) is 0. The molecule has 0 N–H and O–H groups in total. The predicted molar refractivity (Wildman–Crippen MR) is 95.7 cm³/mol. The molecule has 3 aliphatic heterocycles. The molecular formula is C18H20FN5O3. The second-order valence-electron chi connectivity index (χ2n) is 7.06. The summed E-state index contributed by atoms with van der Waals surface area (Å²) in [6.07, 6.45) is -0.151. The second kappa shape index (κ2) is 6.71. The first-order valence-electron chi connectivity index (χ1n) is 8.83. The predicted octanol–water partition coefficient (Wildman–Crippen LogP) is 0.789. The molecule has 4 heterocycles. The summed E-state index contributed by atoms with van der Waals surface area (Å²) in [5, 5.41) is 0. The van der Waals surface area contributed by atoms with Crippen molar-refractivity contribution in [3.05, 3.63) is 23.9 Å². The van der Waals surface area contributed by atoms with Gasteiger partial charge in [0.2, 0.25) is 18.0 Å². The molecule has 1 aromatic rings. The normalized spacial score (nSPS) is 27.4. The molecule has 3 unspecified atom stereocenters. The number of halogens is 1. The van der Waals surface area contributed by atoms with E-state index in [2.05, 4.69) is 15.0 Å². The zero-order valence-electron chi connectivity index (χ0n) is 15.1. The van der Waals surface area contributed by atoms with E-state index >= 15 is 0 Å². The molecule has 27 heavy (non-hydrogen) atoms. The maximum absolute atomic E-state index is 13.6. The molecule has 0 spiro atoms. The summed E-state index contributed by atoms with van der Waals surface area (Å²) in [7, 11) is 1.49. The number of methoxy groups -OCH3 is 1. The highest BCUT2D eigenvalue weighted by molar-refractivity contribution is 6.16. The molecule has 2 amide bonds. The first kappa shape index (κ1) is 17.6. The van der Waals surface area contributed by atoms with Crippen molar-refractivity contribution >= 4 is 23.5 Å². The van der Waals surface area contributed by atoms with Gasteiger partial charge in [0.15, 0.2) is 0 Å². The first-order valence-corrected chi connectivity index (χ1v) is 8.83. The highest BCUT2D eigenvalue weighted by Crippen LogP contribution is 2.33. The van der Waals surface area contributed by atoms with Crippen molar-refractivity contribution in [2.24, 2.45) is 21.8 Å². The number of likely N-dealkylation sites (tertiary alicyclic amines) is 2. The van der Waals surface area contributed by atoms with Crippen molar-refractivity contribution in [1.29, 1.82) is 0 Å². The van der Waals surface area contributed by atoms with E-state index in [0.29, 0.717) is 37.6 Å². The van der Waals surface area contributed by atoms with Gasteiger partial charge in [0.1, 0.15) is 5.56 Å². The molecule has 142 valence electrons. The number of carbonyl (C=O) groups excluding carboxylic acids is 2. The molecule has 0 aromatic carbocycles. The molecule has 1 aromatic heterocycles. The van der Waals surface area contributed by atoms with E-state index in [1.54, 1.807) is 18.3 Å². The van der Waals surface area contributed by atoms with Gasteiger partial charge in [-0.25, -0.2) is 14.4 Å². The van der Waals surface area contributed by atoms with Crippen molar-refractivity contribution in [2.75, 3.05) is 33.3 Å². The van der Waals surface area contributed by atoms with Crippen molar-refractivity contribution in [1.82, 2.24) is 14.8 Å². The largest absolute Gasteiger partial charge is 0.480 e. The molecule has 0 radical (unpaired) electrons. The number of pyridine rings is 1. The number of guanidine groups is 1. The number of alkyl halides is 1. The average Bonchev–Trinajstić information content (AvgIpc) is 3.24. The fraction of sp³-hybridized carbons (Fsp3) is 0.500. The van der Waals surface area contributed by atoms with E-state index < -0.39 is 12.1 Å². The van der Waals surface area contributed by atoms with Gasteiger partial charge in [0.05, 0.1) is 12.8 Å². The van der Waals surface area contributed by atoms with E-state index in [1.807, 2.05) is 9.80 Å². The number of aromatic nitrogens is 1. The Morgan fingerprint density at radius 1 is 1.22 bits per heavy atom. The quantitative estimate of drug-likeness (QED) is 0.765. The van der Waals surface area contributed by atoms with Gasteiger partial charge < -0.3 is 14.5 Å². The van der Waals surface area contributed by atoms with Crippen LogP contribution in [0.25, 0.3) is 0 Å². The third-order valence-corrected chi connectivity index (χ3v) is 5.32. The molecule has 2 fully saturated rings. The van der Waals surface area contributed by atoms with Gasteiger partial charge in [-0.15, -0.1) is 0 Å². The van der Waals surface area contributed by atoms with Gasteiger partial charge in [-0.2, -0.15) is 4.99 Å². The Morgan fingerprint density at radius 2 is 1.93 bits per heavy atom. The lowest BCUT2D eigenvalue weighted by Crippen LogP contribution is -2.38. The van der Waals surface area contributed by atoms with E-state index in [4.69, 9.17) is 4.74 Å². The lowest BCUT2D eigenvalue weighted by Gasteiger charge is -2.24. The molecule has 8 nitrogen and oxygen atoms in total. The van der Waals surface area contributed by atoms with Crippen LogP contribution in [-0.2, 0) is 4.79 Å². The van der Waals surface area contributed by atoms with Gasteiger partial charge in [-0.3, -0.25) is 9.59 Å². The summed E-state index contributed by atoms with van der Waals surface area (Å²) < 4.78 is 18.7. The molecule has 4 rings (SSSR count). The topological polar surface area (TPSA) is 87.5 Å². The van der Waals surface area contributed by atoms with E-state index in [1.165, 1.54) is 14.0 Å². The molecule has 9 heteroatoms. The van der Waals surface area contributed by atoms with Crippen molar-refractivity contribution in [3.8, 4) is 5.88 Å². The minimum Gasteiger partial charge on any atom is -0.480 e. The first-order chi connectivity index (χ1) is 13.0. The molecule has 3 atom stereocenters. The van der Waals surface area contributed by atoms with Gasteiger partial charge >= 0.3 is 0 Å². The van der Waals surface area contributed by atoms with Gasteiger partial charge in [-0.1, -0.05) is 0 Å². The van der Waals surface area contributed by atoms with Gasteiger partial charge in [-0.05, 0) is 19.1 Å². The fourth-order valence-corrected chi connectivity index (χ4v) is 3.92. The monoisotopic (exact) mass is 373 g/mol. The standard InChI is InChI=1S/C18H20FN5O3/c1-10-14(19)15(25)22-18(21-10)24-8-11-6-23(7-12(11)9-24)17(26)13-4-3-5-20-16(13)27-2/h3-5,11-12,14H,6-9H2,1-2H3. The Hall–Kier alpha value is -2.84. The van der Waals surface area contributed by atoms with Crippen LogP contribution in [0, 0.1) is 11.8 Å². The Morgan fingerprint density at radius 3 is 2.56 bits per heavy atom. The summed E-state index contributed by atoms with van der Waals surface area (Å²) >= 11 is 0. The zero-order valence-corrected chi connectivity index (χ0v) is 15.1. The van der Waals surface area contributed by atoms with Crippen LogP contribution in [0.3, 0.4) is 0 Å². The number of carbonyl (C=O) groups is 2. The number of ether oxygens (including phenoxy) is 1. The van der Waals surface area contributed by atoms with Crippen molar-refractivity contribution < 1.29 is 18.7 Å². The van der Waals surface area contributed by atoms with Crippen LogP contribution >= 0.6 is 0 Å². The van der Waals surface area contributed by atoms with E-state index in [0.717, 1.165) is 0 Å². The molecular weight excluding hydrogens is 353 g/mol. The maximum atomic E-state index is 13.6. The number of aliphatic imine (C=N–C) groups is 2. The number of fused-ring (bicyclic) bond motifs is 1. The Kier molecular flexibility index (Phi) is 4.37. The SMILES string of the molecule is COc1ncccc1C(=O)N1CC2CN(C3=NC(=O)C(F)C(C)=N3)CC2C1. The minimum absolute atomic E-state index is 0.0970. The molecule has 2 saturated heterocycles. The lowest BCUT2D eigenvalue weighted by molar-refractivity contribution is -0.120. The van der Waals surface area contributed by atoms with Gasteiger partial charge in [0, 0.05) is 44.2 Å². The molecule has 0 saturated carbocycles. The highest BCUT2D eigenvalue weighted by Gasteiger charge is 2.44. The van der Waals surface area contributed by atoms with Crippen LogP contribution < -0.4 is 4.74 Å². The number of rotatable bonds is 2. The molecule has 0 bridgehead atoms. The summed E-state index contributed by atoms with van der Waals surface area (Å²) in [6, 6.07) is 3.42. The van der Waals surface area contributed by atoms with Crippen LogP contribution in [0.2, 0.25) is 0 Å². The molecule has 3 aliphatic rings. The van der Waals surface area contributed by atoms with Gasteiger partial charge in [0.25, 0.3) is 11.8 Å². The molecule has 0 aliphatic carbocycles. The zero-order chi connectivity index (χ0) is 19.1. The summed E-state index contributed by atoms with van der Waals surface area (Å²) in [5.74, 6) is 0.228. The Labute approximate surface area is 155 Å². The fourth-order valence-electron chi connectivity index (χ4n) is 3.92. The summed E-state index contributed by atoms with van der Waals surface area (Å²) in [6.45, 7) is 3.98. The second-order valence-corrected chi connectivity index (χ2v) is 7.06. The van der Waals surface area contributed by atoms with Crippen molar-refractivity contribution in [2.45, 2.75) is 13.1 Å². The number of nitrogens with zero attached hydrogens (tertiary/aromatic N) is 5. The number of amides is 2. The van der Waals surface area contributed by atoms with Crippen LogP contribution in [0.4, 0.5) is 4.39 Å². The minimum atomic E-state index is -1.74. The van der Waals surface area contributed by atoms with Crippen LogP contribution in [-0.4, -0.2) is 77.7 Å².